The summed E-state index contributed by atoms with van der Waals surface area (Å²) in [4.78, 5) is 12.5. The molecule has 0 amide bonds. The van der Waals surface area contributed by atoms with Crippen LogP contribution in [0.5, 0.6) is 0 Å². The molecule has 1 aromatic carbocycles. The smallest absolute Gasteiger partial charge is 0.262 e. The van der Waals surface area contributed by atoms with Crippen molar-refractivity contribution in [3.8, 4) is 11.3 Å². The fraction of sp³-hybridized carbons (Fsp3) is 0.294. The Bertz CT molecular complexity index is 712. The quantitative estimate of drug-likeness (QED) is 0.669. The second kappa shape index (κ2) is 5.95. The van der Waals surface area contributed by atoms with Crippen molar-refractivity contribution in [1.29, 1.82) is 5.41 Å². The van der Waals surface area contributed by atoms with Crippen molar-refractivity contribution >= 4 is 5.84 Å². The predicted octanol–water partition coefficient (Wildman–Crippen LogP) is 2.76. The van der Waals surface area contributed by atoms with Crippen molar-refractivity contribution in [1.82, 2.24) is 4.57 Å². The average molecular weight is 283 g/mol. The number of amidine groups is 1. The Balaban J connectivity index is 2.65. The number of aryl methyl sites for hydroxylation is 1. The van der Waals surface area contributed by atoms with Crippen LogP contribution >= 0.6 is 0 Å². The number of rotatable bonds is 4. The largest absolute Gasteiger partial charge is 0.384 e. The van der Waals surface area contributed by atoms with E-state index in [4.69, 9.17) is 11.1 Å². The maximum Gasteiger partial charge on any atom is 0.262 e. The molecule has 4 heteroatoms. The Morgan fingerprint density at radius 3 is 2.33 bits per heavy atom. The molecule has 0 aliphatic rings. The molecular weight excluding hydrogens is 262 g/mol. The van der Waals surface area contributed by atoms with E-state index in [1.165, 1.54) is 5.56 Å². The van der Waals surface area contributed by atoms with Crippen molar-refractivity contribution in [2.45, 2.75) is 27.3 Å². The van der Waals surface area contributed by atoms with E-state index in [9.17, 15) is 4.79 Å². The van der Waals surface area contributed by atoms with E-state index < -0.39 is 0 Å². The van der Waals surface area contributed by atoms with Crippen molar-refractivity contribution in [3.63, 3.8) is 0 Å². The Morgan fingerprint density at radius 2 is 1.81 bits per heavy atom. The minimum absolute atomic E-state index is 0.187. The minimum Gasteiger partial charge on any atom is -0.384 e. The average Bonchev–Trinajstić information content (AvgIpc) is 2.41. The highest BCUT2D eigenvalue weighted by atomic mass is 16.1. The molecule has 0 aliphatic carbocycles. The van der Waals surface area contributed by atoms with Gasteiger partial charge in [0.2, 0.25) is 0 Å². The summed E-state index contributed by atoms with van der Waals surface area (Å²) in [5.74, 6) is 0.141. The van der Waals surface area contributed by atoms with Crippen molar-refractivity contribution < 1.29 is 0 Å². The zero-order chi connectivity index (χ0) is 15.6. The van der Waals surface area contributed by atoms with Crippen LogP contribution < -0.4 is 11.3 Å². The number of nitrogens with two attached hydrogens (primary N) is 1. The van der Waals surface area contributed by atoms with E-state index in [0.29, 0.717) is 12.5 Å². The number of nitrogens with zero attached hydrogens (tertiary/aromatic N) is 1. The number of pyridine rings is 1. The first-order chi connectivity index (χ1) is 9.90. The number of nitrogen functional groups attached to an aromatic ring is 1. The van der Waals surface area contributed by atoms with Crippen LogP contribution in [-0.4, -0.2) is 10.4 Å². The summed E-state index contributed by atoms with van der Waals surface area (Å²) >= 11 is 0. The summed E-state index contributed by atoms with van der Waals surface area (Å²) < 4.78 is 1.71. The van der Waals surface area contributed by atoms with E-state index in [0.717, 1.165) is 11.3 Å². The van der Waals surface area contributed by atoms with Crippen LogP contribution in [0.1, 0.15) is 25.0 Å². The van der Waals surface area contributed by atoms with E-state index >= 15 is 0 Å². The van der Waals surface area contributed by atoms with Gasteiger partial charge < -0.3 is 10.3 Å². The molecule has 0 unspecified atom stereocenters. The van der Waals surface area contributed by atoms with Gasteiger partial charge in [-0.3, -0.25) is 10.2 Å². The van der Waals surface area contributed by atoms with Crippen molar-refractivity contribution in [3.05, 3.63) is 57.9 Å². The molecule has 0 fully saturated rings. The Hall–Kier alpha value is -2.36. The monoisotopic (exact) mass is 283 g/mol. The first kappa shape index (κ1) is 15.0. The van der Waals surface area contributed by atoms with Crippen LogP contribution in [0.2, 0.25) is 0 Å². The molecule has 0 aliphatic heterocycles. The molecule has 0 spiro atoms. The fourth-order valence-electron chi connectivity index (χ4n) is 2.31. The van der Waals surface area contributed by atoms with Crippen LogP contribution in [0, 0.1) is 18.3 Å². The molecule has 1 aromatic heterocycles. The molecule has 3 N–H and O–H groups in total. The highest BCUT2D eigenvalue weighted by Gasteiger charge is 2.13. The van der Waals surface area contributed by atoms with Gasteiger partial charge in [0.25, 0.3) is 5.56 Å². The predicted molar refractivity (Wildman–Crippen MR) is 86.7 cm³/mol. The second-order valence-electron chi connectivity index (χ2n) is 5.72. The van der Waals surface area contributed by atoms with E-state index in [2.05, 4.69) is 13.8 Å². The summed E-state index contributed by atoms with van der Waals surface area (Å²) in [6.45, 7) is 6.75. The van der Waals surface area contributed by atoms with Gasteiger partial charge in [0.15, 0.2) is 0 Å². The lowest BCUT2D eigenvalue weighted by Crippen LogP contribution is -2.31. The molecule has 110 valence electrons. The summed E-state index contributed by atoms with van der Waals surface area (Å²) in [7, 11) is 0. The lowest BCUT2D eigenvalue weighted by Gasteiger charge is -2.16. The minimum atomic E-state index is -0.200. The molecule has 4 nitrogen and oxygen atoms in total. The number of benzene rings is 1. The first-order valence-corrected chi connectivity index (χ1v) is 7.05. The maximum absolute atomic E-state index is 12.5. The third-order valence-electron chi connectivity index (χ3n) is 3.36. The lowest BCUT2D eigenvalue weighted by atomic mass is 10.1. The molecule has 0 atom stereocenters. The molecule has 0 saturated heterocycles. The van der Waals surface area contributed by atoms with Gasteiger partial charge in [-0.25, -0.2) is 0 Å². The maximum atomic E-state index is 12.5. The molecule has 0 radical (unpaired) electrons. The number of aromatic nitrogens is 1. The summed E-state index contributed by atoms with van der Waals surface area (Å²) in [5.41, 5.74) is 8.58. The summed E-state index contributed by atoms with van der Waals surface area (Å²) in [5, 5.41) is 7.52. The molecular formula is C17H21N3O. The normalized spacial score (nSPS) is 10.9. The van der Waals surface area contributed by atoms with E-state index in [1.807, 2.05) is 37.3 Å². The SMILES string of the molecule is Cc1ccc(-c2ccc(C(=N)N)c(=O)n2CC(C)C)cc1. The van der Waals surface area contributed by atoms with Gasteiger partial charge in [0.05, 0.1) is 11.3 Å². The zero-order valence-electron chi connectivity index (χ0n) is 12.7. The summed E-state index contributed by atoms with van der Waals surface area (Å²) in [6.07, 6.45) is 0. The lowest BCUT2D eigenvalue weighted by molar-refractivity contribution is 0.514. The molecule has 21 heavy (non-hydrogen) atoms. The van der Waals surface area contributed by atoms with Gasteiger partial charge in [-0.05, 0) is 30.5 Å². The van der Waals surface area contributed by atoms with Gasteiger partial charge in [0, 0.05) is 6.54 Å². The second-order valence-corrected chi connectivity index (χ2v) is 5.72. The zero-order valence-corrected chi connectivity index (χ0v) is 12.7. The standard InChI is InChI=1S/C17H21N3O/c1-11(2)10-20-15(13-6-4-12(3)5-7-13)9-8-14(16(18)19)17(20)21/h4-9,11H,10H2,1-3H3,(H3,18,19). The highest BCUT2D eigenvalue weighted by Crippen LogP contribution is 2.20. The van der Waals surface area contributed by atoms with Crippen LogP contribution in [0.15, 0.2) is 41.2 Å². The molecule has 2 aromatic rings. The third-order valence-corrected chi connectivity index (χ3v) is 3.36. The van der Waals surface area contributed by atoms with Gasteiger partial charge in [-0.1, -0.05) is 43.7 Å². The van der Waals surface area contributed by atoms with E-state index in [-0.39, 0.29) is 17.0 Å². The van der Waals surface area contributed by atoms with Crippen LogP contribution in [0.25, 0.3) is 11.3 Å². The van der Waals surface area contributed by atoms with Gasteiger partial charge in [-0.15, -0.1) is 0 Å². The van der Waals surface area contributed by atoms with Crippen LogP contribution in [0.4, 0.5) is 0 Å². The first-order valence-electron chi connectivity index (χ1n) is 7.05. The number of hydrogen-bond donors (Lipinski definition) is 2. The van der Waals surface area contributed by atoms with Gasteiger partial charge in [-0.2, -0.15) is 0 Å². The number of hydrogen-bond acceptors (Lipinski definition) is 2. The van der Waals surface area contributed by atoms with E-state index in [1.54, 1.807) is 10.6 Å². The summed E-state index contributed by atoms with van der Waals surface area (Å²) in [6, 6.07) is 11.6. The highest BCUT2D eigenvalue weighted by molar-refractivity contribution is 5.94. The van der Waals surface area contributed by atoms with Gasteiger partial charge >= 0.3 is 0 Å². The van der Waals surface area contributed by atoms with Crippen molar-refractivity contribution in [2.24, 2.45) is 11.7 Å². The topological polar surface area (TPSA) is 71.9 Å². The molecule has 0 saturated carbocycles. The molecule has 0 bridgehead atoms. The molecule has 2 rings (SSSR count). The van der Waals surface area contributed by atoms with Crippen molar-refractivity contribution in [2.75, 3.05) is 0 Å². The Kier molecular flexibility index (Phi) is 4.26. The van der Waals surface area contributed by atoms with Crippen LogP contribution in [-0.2, 0) is 6.54 Å². The van der Waals surface area contributed by atoms with Gasteiger partial charge in [0.1, 0.15) is 5.84 Å². The Morgan fingerprint density at radius 1 is 1.19 bits per heavy atom. The third kappa shape index (κ3) is 3.21. The Labute approximate surface area is 124 Å². The van der Waals surface area contributed by atoms with Crippen LogP contribution in [0.3, 0.4) is 0 Å². The number of nitrogens with one attached hydrogen (secondary N) is 1. The fourth-order valence-corrected chi connectivity index (χ4v) is 2.31. The molecule has 1 heterocycles.